The monoisotopic (exact) mass is 323 g/mol. The van der Waals surface area contributed by atoms with Crippen LogP contribution in [0.4, 0.5) is 0 Å². The zero-order valence-corrected chi connectivity index (χ0v) is 13.0. The zero-order valence-electron chi connectivity index (χ0n) is 12.2. The van der Waals surface area contributed by atoms with Crippen molar-refractivity contribution in [2.24, 2.45) is 0 Å². The lowest BCUT2D eigenvalue weighted by molar-refractivity contribution is 0.0951. The molecule has 3 rings (SSSR count). The number of benzene rings is 1. The van der Waals surface area contributed by atoms with Crippen LogP contribution in [0.2, 0.25) is 5.02 Å². The van der Waals surface area contributed by atoms with E-state index < -0.39 is 0 Å². The molecule has 1 aromatic carbocycles. The summed E-state index contributed by atoms with van der Waals surface area (Å²) in [5, 5.41) is 3.43. The number of hydrogen-bond donors (Lipinski definition) is 1. The molecule has 0 bridgehead atoms. The van der Waals surface area contributed by atoms with E-state index in [1.165, 1.54) is 0 Å². The highest BCUT2D eigenvalue weighted by Crippen LogP contribution is 2.20. The van der Waals surface area contributed by atoms with Gasteiger partial charge in [-0.15, -0.1) is 0 Å². The summed E-state index contributed by atoms with van der Waals surface area (Å²) < 4.78 is 0. The molecule has 0 radical (unpaired) electrons. The zero-order chi connectivity index (χ0) is 16.1. The molecule has 4 nitrogen and oxygen atoms in total. The predicted molar refractivity (Wildman–Crippen MR) is 90.1 cm³/mol. The van der Waals surface area contributed by atoms with Gasteiger partial charge in [0, 0.05) is 41.3 Å². The molecule has 1 amide bonds. The van der Waals surface area contributed by atoms with E-state index in [0.29, 0.717) is 17.1 Å². The molecule has 2 aromatic heterocycles. The second-order valence-corrected chi connectivity index (χ2v) is 5.38. The lowest BCUT2D eigenvalue weighted by Gasteiger charge is -2.10. The van der Waals surface area contributed by atoms with Crippen LogP contribution in [-0.4, -0.2) is 15.9 Å². The Bertz CT molecular complexity index is 821. The Labute approximate surface area is 139 Å². The molecular weight excluding hydrogens is 310 g/mol. The number of aromatic nitrogens is 2. The van der Waals surface area contributed by atoms with Gasteiger partial charge >= 0.3 is 0 Å². The molecule has 0 saturated heterocycles. The maximum absolute atomic E-state index is 12.2. The lowest BCUT2D eigenvalue weighted by atomic mass is 10.1. The smallest absolute Gasteiger partial charge is 0.251 e. The minimum absolute atomic E-state index is 0.173. The van der Waals surface area contributed by atoms with E-state index in [9.17, 15) is 4.79 Å². The minimum atomic E-state index is -0.173. The van der Waals surface area contributed by atoms with Crippen LogP contribution in [0.1, 0.15) is 15.9 Å². The molecule has 0 unspecified atom stereocenters. The highest BCUT2D eigenvalue weighted by molar-refractivity contribution is 6.30. The topological polar surface area (TPSA) is 54.9 Å². The molecule has 5 heteroatoms. The highest BCUT2D eigenvalue weighted by Gasteiger charge is 2.09. The molecule has 2 heterocycles. The van der Waals surface area contributed by atoms with Crippen molar-refractivity contribution in [2.75, 3.05) is 0 Å². The number of amides is 1. The second kappa shape index (κ2) is 7.03. The van der Waals surface area contributed by atoms with Crippen molar-refractivity contribution in [3.63, 3.8) is 0 Å². The Balaban J connectivity index is 1.78. The SMILES string of the molecule is O=C(NCc1cccnc1-c1cccnc1)c1cccc(Cl)c1. The molecule has 0 saturated carbocycles. The van der Waals surface area contributed by atoms with Crippen LogP contribution in [0.3, 0.4) is 0 Å². The first kappa shape index (κ1) is 15.2. The number of halogens is 1. The van der Waals surface area contributed by atoms with E-state index in [4.69, 9.17) is 11.6 Å². The molecule has 0 aliphatic rings. The van der Waals surface area contributed by atoms with Crippen molar-refractivity contribution in [3.8, 4) is 11.3 Å². The summed E-state index contributed by atoms with van der Waals surface area (Å²) >= 11 is 5.91. The van der Waals surface area contributed by atoms with E-state index in [1.807, 2.05) is 24.3 Å². The first-order valence-electron chi connectivity index (χ1n) is 7.12. The van der Waals surface area contributed by atoms with Crippen LogP contribution in [0.5, 0.6) is 0 Å². The maximum atomic E-state index is 12.2. The third-order valence-corrected chi connectivity index (χ3v) is 3.59. The van der Waals surface area contributed by atoms with Gasteiger partial charge in [-0.25, -0.2) is 0 Å². The Morgan fingerprint density at radius 1 is 1.09 bits per heavy atom. The lowest BCUT2D eigenvalue weighted by Crippen LogP contribution is -2.23. The number of nitrogens with one attached hydrogen (secondary N) is 1. The van der Waals surface area contributed by atoms with Gasteiger partial charge < -0.3 is 5.32 Å². The van der Waals surface area contributed by atoms with E-state index in [2.05, 4.69) is 15.3 Å². The number of carbonyl (C=O) groups is 1. The number of hydrogen-bond acceptors (Lipinski definition) is 3. The van der Waals surface area contributed by atoms with Gasteiger partial charge in [0.15, 0.2) is 0 Å². The Hall–Kier alpha value is -2.72. The largest absolute Gasteiger partial charge is 0.348 e. The third kappa shape index (κ3) is 3.73. The van der Waals surface area contributed by atoms with Crippen LogP contribution in [0.15, 0.2) is 67.1 Å². The standard InChI is InChI=1S/C18H14ClN3O/c19-16-7-1-4-13(10-16)18(23)22-12-15-6-3-9-21-17(15)14-5-2-8-20-11-14/h1-11H,12H2,(H,22,23). The number of nitrogens with zero attached hydrogens (tertiary/aromatic N) is 2. The van der Waals surface area contributed by atoms with Crippen molar-refractivity contribution < 1.29 is 4.79 Å². The van der Waals surface area contributed by atoms with E-state index in [1.54, 1.807) is 42.9 Å². The first-order chi connectivity index (χ1) is 11.2. The summed E-state index contributed by atoms with van der Waals surface area (Å²) in [5.41, 5.74) is 3.19. The van der Waals surface area contributed by atoms with Crippen molar-refractivity contribution >= 4 is 17.5 Å². The van der Waals surface area contributed by atoms with Crippen molar-refractivity contribution in [3.05, 3.63) is 83.3 Å². The fourth-order valence-corrected chi connectivity index (χ4v) is 2.44. The van der Waals surface area contributed by atoms with Gasteiger partial charge in [-0.2, -0.15) is 0 Å². The molecular formula is C18H14ClN3O. The summed E-state index contributed by atoms with van der Waals surface area (Å²) in [7, 11) is 0. The molecule has 23 heavy (non-hydrogen) atoms. The quantitative estimate of drug-likeness (QED) is 0.796. The van der Waals surface area contributed by atoms with Crippen LogP contribution in [0.25, 0.3) is 11.3 Å². The fourth-order valence-electron chi connectivity index (χ4n) is 2.25. The molecule has 114 valence electrons. The van der Waals surface area contributed by atoms with E-state index in [-0.39, 0.29) is 5.91 Å². The van der Waals surface area contributed by atoms with Gasteiger partial charge in [0.25, 0.3) is 5.91 Å². The summed E-state index contributed by atoms with van der Waals surface area (Å²) in [4.78, 5) is 20.7. The third-order valence-electron chi connectivity index (χ3n) is 3.35. The molecule has 3 aromatic rings. The first-order valence-corrected chi connectivity index (χ1v) is 7.50. The average Bonchev–Trinajstić information content (AvgIpc) is 2.60. The maximum Gasteiger partial charge on any atom is 0.251 e. The van der Waals surface area contributed by atoms with E-state index >= 15 is 0 Å². The van der Waals surface area contributed by atoms with Gasteiger partial charge in [-0.3, -0.25) is 14.8 Å². The van der Waals surface area contributed by atoms with Gasteiger partial charge in [0.2, 0.25) is 0 Å². The highest BCUT2D eigenvalue weighted by atomic mass is 35.5. The van der Waals surface area contributed by atoms with Gasteiger partial charge in [0.1, 0.15) is 0 Å². The van der Waals surface area contributed by atoms with Crippen molar-refractivity contribution in [1.29, 1.82) is 0 Å². The van der Waals surface area contributed by atoms with Crippen molar-refractivity contribution in [1.82, 2.24) is 15.3 Å². The number of carbonyl (C=O) groups excluding carboxylic acids is 1. The van der Waals surface area contributed by atoms with Crippen LogP contribution < -0.4 is 5.32 Å². The van der Waals surface area contributed by atoms with Gasteiger partial charge in [0.05, 0.1) is 5.69 Å². The summed E-state index contributed by atoms with van der Waals surface area (Å²) in [6, 6.07) is 14.4. The number of rotatable bonds is 4. The molecule has 0 aliphatic carbocycles. The van der Waals surface area contributed by atoms with Crippen LogP contribution in [0, 0.1) is 0 Å². The summed E-state index contributed by atoms with van der Waals surface area (Å²) in [6.45, 7) is 0.378. The second-order valence-electron chi connectivity index (χ2n) is 4.95. The number of pyridine rings is 2. The predicted octanol–water partition coefficient (Wildman–Crippen LogP) is 3.73. The van der Waals surface area contributed by atoms with Crippen molar-refractivity contribution in [2.45, 2.75) is 6.54 Å². The fraction of sp³-hybridized carbons (Fsp3) is 0.0556. The molecule has 0 fully saturated rings. The van der Waals surface area contributed by atoms with Gasteiger partial charge in [-0.05, 0) is 42.0 Å². The average molecular weight is 324 g/mol. The summed E-state index contributed by atoms with van der Waals surface area (Å²) in [5.74, 6) is -0.173. The Morgan fingerprint density at radius 2 is 1.96 bits per heavy atom. The Morgan fingerprint density at radius 3 is 2.74 bits per heavy atom. The molecule has 0 aliphatic heterocycles. The molecule has 1 N–H and O–H groups in total. The summed E-state index contributed by atoms with van der Waals surface area (Å²) in [6.07, 6.45) is 5.20. The van der Waals surface area contributed by atoms with Crippen LogP contribution in [-0.2, 0) is 6.54 Å². The normalized spacial score (nSPS) is 10.3. The van der Waals surface area contributed by atoms with Gasteiger partial charge in [-0.1, -0.05) is 23.7 Å². The Kier molecular flexibility index (Phi) is 4.64. The molecule has 0 atom stereocenters. The van der Waals surface area contributed by atoms with E-state index in [0.717, 1.165) is 16.8 Å². The molecule has 0 spiro atoms. The minimum Gasteiger partial charge on any atom is -0.348 e. The van der Waals surface area contributed by atoms with Crippen LogP contribution >= 0.6 is 11.6 Å².